The highest BCUT2D eigenvalue weighted by Crippen LogP contribution is 2.53. The van der Waals surface area contributed by atoms with Crippen LogP contribution in [0.4, 0.5) is 4.39 Å². The summed E-state index contributed by atoms with van der Waals surface area (Å²) < 4.78 is 13.8. The van der Waals surface area contributed by atoms with Crippen LogP contribution < -0.4 is 5.73 Å². The number of allylic oxidation sites excluding steroid dienone is 2. The van der Waals surface area contributed by atoms with Crippen LogP contribution in [0.25, 0.3) is 0 Å². The van der Waals surface area contributed by atoms with E-state index < -0.39 is 17.2 Å². The molecule has 1 heterocycles. The second kappa shape index (κ2) is 6.06. The number of hydrogen-bond donors (Lipinski definition) is 1. The van der Waals surface area contributed by atoms with Gasteiger partial charge in [0.25, 0.3) is 0 Å². The third kappa shape index (κ3) is 2.38. The van der Waals surface area contributed by atoms with Crippen molar-refractivity contribution in [1.82, 2.24) is 4.90 Å². The first kappa shape index (κ1) is 16.7. The molecule has 6 heteroatoms. The van der Waals surface area contributed by atoms with Gasteiger partial charge in [-0.2, -0.15) is 15.8 Å². The summed E-state index contributed by atoms with van der Waals surface area (Å²) in [5.74, 6) is -1.38. The van der Waals surface area contributed by atoms with E-state index in [1.807, 2.05) is 30.2 Å². The first-order valence-electron chi connectivity index (χ1n) is 7.85. The summed E-state index contributed by atoms with van der Waals surface area (Å²) in [4.78, 5) is 2.04. The molecule has 2 aliphatic rings. The van der Waals surface area contributed by atoms with E-state index in [9.17, 15) is 20.2 Å². The molecule has 0 spiro atoms. The van der Waals surface area contributed by atoms with Gasteiger partial charge in [0.05, 0.1) is 23.4 Å². The van der Waals surface area contributed by atoms with E-state index in [0.717, 1.165) is 5.57 Å². The van der Waals surface area contributed by atoms with Crippen LogP contribution in [-0.4, -0.2) is 25.0 Å². The number of likely N-dealkylation sites (N-methyl/N-ethyl adjacent to an activating group) is 1. The topological polar surface area (TPSA) is 101 Å². The second-order valence-corrected chi connectivity index (χ2v) is 6.45. The van der Waals surface area contributed by atoms with Crippen molar-refractivity contribution in [3.8, 4) is 18.2 Å². The third-order valence-electron chi connectivity index (χ3n) is 5.05. The molecule has 0 saturated heterocycles. The third-order valence-corrected chi connectivity index (χ3v) is 5.05. The molecule has 0 fully saturated rings. The molecule has 1 aromatic carbocycles. The number of benzene rings is 1. The molecule has 1 aliphatic heterocycles. The molecule has 0 saturated carbocycles. The summed E-state index contributed by atoms with van der Waals surface area (Å²) in [7, 11) is 1.92. The quantitative estimate of drug-likeness (QED) is 0.849. The Balaban J connectivity index is 2.34. The van der Waals surface area contributed by atoms with Gasteiger partial charge in [-0.3, -0.25) is 0 Å². The minimum atomic E-state index is -1.71. The van der Waals surface area contributed by atoms with Crippen LogP contribution >= 0.6 is 0 Å². The average molecular weight is 333 g/mol. The largest absolute Gasteiger partial charge is 0.399 e. The Labute approximate surface area is 145 Å². The van der Waals surface area contributed by atoms with Crippen LogP contribution in [0, 0.1) is 51.1 Å². The van der Waals surface area contributed by atoms with Crippen molar-refractivity contribution in [3.05, 3.63) is 58.6 Å². The van der Waals surface area contributed by atoms with Gasteiger partial charge in [0, 0.05) is 24.9 Å². The predicted molar refractivity (Wildman–Crippen MR) is 88.7 cm³/mol. The van der Waals surface area contributed by atoms with Crippen LogP contribution in [0.1, 0.15) is 11.5 Å². The maximum absolute atomic E-state index is 13.8. The van der Waals surface area contributed by atoms with Crippen LogP contribution in [0.3, 0.4) is 0 Å². The summed E-state index contributed by atoms with van der Waals surface area (Å²) in [5, 5.41) is 29.3. The van der Waals surface area contributed by atoms with Crippen LogP contribution in [0.15, 0.2) is 47.2 Å². The molecule has 0 amide bonds. The number of rotatable bonds is 1. The first-order chi connectivity index (χ1) is 12.0. The highest BCUT2D eigenvalue weighted by atomic mass is 19.1. The first-order valence-corrected chi connectivity index (χ1v) is 7.85. The number of nitrogens with zero attached hydrogens (tertiary/aromatic N) is 4. The van der Waals surface area contributed by atoms with Crippen molar-refractivity contribution in [2.75, 3.05) is 20.1 Å². The van der Waals surface area contributed by atoms with E-state index in [-0.39, 0.29) is 17.2 Å². The maximum atomic E-state index is 13.8. The van der Waals surface area contributed by atoms with Gasteiger partial charge in [0.15, 0.2) is 5.41 Å². The highest BCUT2D eigenvalue weighted by molar-refractivity contribution is 5.59. The summed E-state index contributed by atoms with van der Waals surface area (Å²) >= 11 is 0. The Morgan fingerprint density at radius 3 is 2.60 bits per heavy atom. The van der Waals surface area contributed by atoms with Crippen molar-refractivity contribution >= 4 is 0 Å². The van der Waals surface area contributed by atoms with Crippen molar-refractivity contribution < 1.29 is 4.39 Å². The lowest BCUT2D eigenvalue weighted by Gasteiger charge is -2.45. The fourth-order valence-electron chi connectivity index (χ4n) is 3.90. The Bertz CT molecular complexity index is 895. The van der Waals surface area contributed by atoms with Gasteiger partial charge in [0.2, 0.25) is 0 Å². The van der Waals surface area contributed by atoms with Gasteiger partial charge < -0.3 is 10.6 Å². The zero-order chi connectivity index (χ0) is 18.2. The van der Waals surface area contributed by atoms with E-state index in [2.05, 4.69) is 6.07 Å². The lowest BCUT2D eigenvalue weighted by atomic mass is 9.58. The molecule has 0 bridgehead atoms. The molecule has 25 heavy (non-hydrogen) atoms. The summed E-state index contributed by atoms with van der Waals surface area (Å²) in [5.41, 5.74) is 5.89. The van der Waals surface area contributed by atoms with Crippen molar-refractivity contribution in [2.45, 2.75) is 5.92 Å². The van der Waals surface area contributed by atoms with Crippen molar-refractivity contribution in [1.29, 1.82) is 15.8 Å². The lowest BCUT2D eigenvalue weighted by Crippen LogP contribution is -2.47. The van der Waals surface area contributed by atoms with Gasteiger partial charge in [-0.05, 0) is 30.3 Å². The normalized spacial score (nSPS) is 25.2. The Hall–Kier alpha value is -3.14. The molecule has 0 radical (unpaired) electrons. The fraction of sp³-hybridized carbons (Fsp3) is 0.316. The monoisotopic (exact) mass is 333 g/mol. The zero-order valence-electron chi connectivity index (χ0n) is 13.7. The fourth-order valence-corrected chi connectivity index (χ4v) is 3.90. The van der Waals surface area contributed by atoms with E-state index in [1.165, 1.54) is 12.1 Å². The highest BCUT2D eigenvalue weighted by Gasteiger charge is 2.54. The molecule has 2 N–H and O–H groups in total. The number of hydrogen-bond acceptors (Lipinski definition) is 5. The molecule has 2 unspecified atom stereocenters. The van der Waals surface area contributed by atoms with Gasteiger partial charge in [-0.1, -0.05) is 18.2 Å². The summed E-state index contributed by atoms with van der Waals surface area (Å²) in [6.07, 6.45) is 1.91. The molecule has 2 atom stereocenters. The van der Waals surface area contributed by atoms with Gasteiger partial charge >= 0.3 is 0 Å². The number of nitrogens with two attached hydrogens (primary N) is 1. The molecule has 3 rings (SSSR count). The number of halogens is 1. The van der Waals surface area contributed by atoms with Crippen LogP contribution in [0.5, 0.6) is 0 Å². The SMILES string of the molecule is CN1CC=C2C(C#N)=C(N)C(C#N)(C#N)C(c3cccc(F)c3)C2C1. The Morgan fingerprint density at radius 1 is 1.28 bits per heavy atom. The number of fused-ring (bicyclic) bond motifs is 1. The maximum Gasteiger partial charge on any atom is 0.191 e. The number of nitriles is 3. The minimum absolute atomic E-state index is 0.0404. The van der Waals surface area contributed by atoms with E-state index in [4.69, 9.17) is 5.73 Å². The van der Waals surface area contributed by atoms with Crippen LogP contribution in [-0.2, 0) is 0 Å². The van der Waals surface area contributed by atoms with Gasteiger partial charge in [-0.15, -0.1) is 0 Å². The van der Waals surface area contributed by atoms with E-state index in [1.54, 1.807) is 12.1 Å². The second-order valence-electron chi connectivity index (χ2n) is 6.45. The van der Waals surface area contributed by atoms with Crippen LogP contribution in [0.2, 0.25) is 0 Å². The van der Waals surface area contributed by atoms with E-state index >= 15 is 0 Å². The smallest absolute Gasteiger partial charge is 0.191 e. The molecule has 0 aromatic heterocycles. The van der Waals surface area contributed by atoms with E-state index in [0.29, 0.717) is 18.7 Å². The molecule has 1 aromatic rings. The molecule has 1 aliphatic carbocycles. The zero-order valence-corrected chi connectivity index (χ0v) is 13.7. The predicted octanol–water partition coefficient (Wildman–Crippen LogP) is 2.18. The molecular formula is C19H16FN5. The summed E-state index contributed by atoms with van der Waals surface area (Å²) in [6.45, 7) is 1.20. The molecule has 5 nitrogen and oxygen atoms in total. The summed E-state index contributed by atoms with van der Waals surface area (Å²) in [6, 6.07) is 12.0. The standard InChI is InChI=1S/C19H16FN5/c1-25-6-5-14-15(8-21)18(24)19(10-22,11-23)17(16(14)9-25)12-3-2-4-13(20)7-12/h2-5,7,16-17H,6,9,24H2,1H3. The Morgan fingerprint density at radius 2 is 2.00 bits per heavy atom. The Kier molecular flexibility index (Phi) is 4.05. The lowest BCUT2D eigenvalue weighted by molar-refractivity contribution is 0.237. The van der Waals surface area contributed by atoms with Gasteiger partial charge in [-0.25, -0.2) is 4.39 Å². The average Bonchev–Trinajstić information content (AvgIpc) is 2.61. The van der Waals surface area contributed by atoms with Crippen molar-refractivity contribution in [2.24, 2.45) is 17.1 Å². The molecule has 124 valence electrons. The molecular weight excluding hydrogens is 317 g/mol. The minimum Gasteiger partial charge on any atom is -0.399 e. The van der Waals surface area contributed by atoms with Crippen molar-refractivity contribution in [3.63, 3.8) is 0 Å². The van der Waals surface area contributed by atoms with Gasteiger partial charge in [0.1, 0.15) is 11.9 Å².